The number of halogens is 1. The van der Waals surface area contributed by atoms with Gasteiger partial charge in [0, 0.05) is 10.0 Å². The predicted molar refractivity (Wildman–Crippen MR) is 153 cm³/mol. The van der Waals surface area contributed by atoms with Crippen LogP contribution in [-0.2, 0) is 15.0 Å². The number of rotatable bonds is 3. The summed E-state index contributed by atoms with van der Waals surface area (Å²) in [6.07, 6.45) is 1.74. The topological polar surface area (TPSA) is 94.4 Å². The Morgan fingerprint density at radius 2 is 1.68 bits per heavy atom. The molecule has 5 rings (SSSR count). The van der Waals surface area contributed by atoms with Crippen LogP contribution in [0.4, 0.5) is 11.4 Å². The van der Waals surface area contributed by atoms with E-state index < -0.39 is 0 Å². The number of hydrogen-bond donors (Lipinski definition) is 2. The number of thioether (sulfide) groups is 1. The van der Waals surface area contributed by atoms with E-state index in [4.69, 9.17) is 0 Å². The zero-order valence-corrected chi connectivity index (χ0v) is 22.7. The van der Waals surface area contributed by atoms with E-state index in [-0.39, 0.29) is 28.7 Å². The van der Waals surface area contributed by atoms with Gasteiger partial charge >= 0.3 is 0 Å². The molecule has 0 saturated carbocycles. The average molecular weight is 575 g/mol. The van der Waals surface area contributed by atoms with Gasteiger partial charge in [0.15, 0.2) is 5.71 Å². The first-order chi connectivity index (χ1) is 17.6. The number of phenolic OH excluding ortho intramolecular Hbond substituents is 1. The van der Waals surface area contributed by atoms with Gasteiger partial charge in [0.2, 0.25) is 5.17 Å². The molecule has 3 aromatic rings. The van der Waals surface area contributed by atoms with Gasteiger partial charge in [-0.15, -0.1) is 10.2 Å². The van der Waals surface area contributed by atoms with Crippen molar-refractivity contribution >= 4 is 67.8 Å². The van der Waals surface area contributed by atoms with Crippen LogP contribution >= 0.6 is 27.7 Å². The van der Waals surface area contributed by atoms with Crippen LogP contribution in [0.25, 0.3) is 6.08 Å². The van der Waals surface area contributed by atoms with E-state index in [0.717, 1.165) is 15.6 Å². The second-order valence-electron chi connectivity index (χ2n) is 9.61. The van der Waals surface area contributed by atoms with Gasteiger partial charge < -0.3 is 10.4 Å². The molecule has 0 bridgehead atoms. The SMILES string of the molecule is CC(C)(C)c1ccc(N2C(=O)C(=Cc3ccc(O)cc3)SC2=NN=C2C(=O)Nc3ccc(Br)cc32)cc1. The quantitative estimate of drug-likeness (QED) is 0.284. The summed E-state index contributed by atoms with van der Waals surface area (Å²) in [6, 6.07) is 19.8. The van der Waals surface area contributed by atoms with Crippen LogP contribution in [0, 0.1) is 0 Å². The lowest BCUT2D eigenvalue weighted by Crippen LogP contribution is -2.29. The maximum absolute atomic E-state index is 13.5. The predicted octanol–water partition coefficient (Wildman–Crippen LogP) is 6.29. The van der Waals surface area contributed by atoms with Gasteiger partial charge in [0.25, 0.3) is 11.8 Å². The Bertz CT molecular complexity index is 1500. The van der Waals surface area contributed by atoms with Crippen LogP contribution in [0.5, 0.6) is 5.75 Å². The highest BCUT2D eigenvalue weighted by molar-refractivity contribution is 9.10. The molecule has 1 saturated heterocycles. The fraction of sp³-hybridized carbons (Fsp3) is 0.143. The summed E-state index contributed by atoms with van der Waals surface area (Å²) in [5.74, 6) is -0.458. The van der Waals surface area contributed by atoms with Gasteiger partial charge in [-0.3, -0.25) is 14.5 Å². The zero-order chi connectivity index (χ0) is 26.3. The summed E-state index contributed by atoms with van der Waals surface area (Å²) in [5.41, 5.74) is 3.99. The molecule has 2 aliphatic rings. The Morgan fingerprint density at radius 1 is 0.973 bits per heavy atom. The van der Waals surface area contributed by atoms with Crippen molar-refractivity contribution in [2.24, 2.45) is 10.2 Å². The number of nitrogens with one attached hydrogen (secondary N) is 1. The van der Waals surface area contributed by atoms with Gasteiger partial charge in [-0.1, -0.05) is 61.0 Å². The number of hydrogen-bond acceptors (Lipinski definition) is 6. The maximum Gasteiger partial charge on any atom is 0.276 e. The van der Waals surface area contributed by atoms with Gasteiger partial charge in [-0.2, -0.15) is 0 Å². The molecule has 0 spiro atoms. The first-order valence-corrected chi connectivity index (χ1v) is 13.1. The molecule has 2 aliphatic heterocycles. The van der Waals surface area contributed by atoms with Crippen LogP contribution in [0.1, 0.15) is 37.5 Å². The first kappa shape index (κ1) is 25.0. The van der Waals surface area contributed by atoms with E-state index in [1.807, 2.05) is 30.3 Å². The molecule has 186 valence electrons. The molecule has 37 heavy (non-hydrogen) atoms. The second-order valence-corrected chi connectivity index (χ2v) is 11.5. The summed E-state index contributed by atoms with van der Waals surface area (Å²) in [7, 11) is 0. The van der Waals surface area contributed by atoms with E-state index in [1.165, 1.54) is 16.7 Å². The van der Waals surface area contributed by atoms with Crippen molar-refractivity contribution in [1.82, 2.24) is 0 Å². The van der Waals surface area contributed by atoms with E-state index in [9.17, 15) is 14.7 Å². The van der Waals surface area contributed by atoms with E-state index in [2.05, 4.69) is 52.2 Å². The lowest BCUT2D eigenvalue weighted by atomic mass is 9.87. The molecule has 3 aromatic carbocycles. The molecular formula is C28H23BrN4O3S. The van der Waals surface area contributed by atoms with Crippen molar-refractivity contribution in [1.29, 1.82) is 0 Å². The third-order valence-corrected chi connectivity index (χ3v) is 7.38. The fourth-order valence-corrected chi connectivity index (χ4v) is 5.21. The van der Waals surface area contributed by atoms with Crippen molar-refractivity contribution in [2.45, 2.75) is 26.2 Å². The highest BCUT2D eigenvalue weighted by Crippen LogP contribution is 2.37. The van der Waals surface area contributed by atoms with Crippen molar-refractivity contribution < 1.29 is 14.7 Å². The van der Waals surface area contributed by atoms with E-state index in [0.29, 0.717) is 27.0 Å². The number of amidine groups is 1. The average Bonchev–Trinajstić information content (AvgIpc) is 3.33. The number of benzene rings is 3. The third kappa shape index (κ3) is 5.10. The minimum atomic E-state index is -0.354. The molecule has 1 fully saturated rings. The minimum absolute atomic E-state index is 0.0351. The second kappa shape index (κ2) is 9.64. The van der Waals surface area contributed by atoms with Crippen LogP contribution < -0.4 is 10.2 Å². The fourth-order valence-electron chi connectivity index (χ4n) is 3.92. The number of phenols is 1. The van der Waals surface area contributed by atoms with Crippen LogP contribution in [0.2, 0.25) is 0 Å². The summed E-state index contributed by atoms with van der Waals surface area (Å²) >= 11 is 4.61. The molecule has 0 aromatic heterocycles. The van der Waals surface area contributed by atoms with E-state index >= 15 is 0 Å². The maximum atomic E-state index is 13.5. The van der Waals surface area contributed by atoms with Crippen molar-refractivity contribution in [3.8, 4) is 5.75 Å². The minimum Gasteiger partial charge on any atom is -0.508 e. The third-order valence-electron chi connectivity index (χ3n) is 5.92. The van der Waals surface area contributed by atoms with E-state index in [1.54, 1.807) is 42.5 Å². The monoisotopic (exact) mass is 574 g/mol. The van der Waals surface area contributed by atoms with Crippen molar-refractivity contribution in [2.75, 3.05) is 10.2 Å². The van der Waals surface area contributed by atoms with Crippen molar-refractivity contribution in [3.05, 3.63) is 92.8 Å². The number of carbonyl (C=O) groups excluding carboxylic acids is 2. The molecule has 0 aliphatic carbocycles. The van der Waals surface area contributed by atoms with Gasteiger partial charge in [-0.05, 0) is 76.8 Å². The lowest BCUT2D eigenvalue weighted by Gasteiger charge is -2.21. The molecule has 0 atom stereocenters. The Kier molecular flexibility index (Phi) is 6.51. The molecule has 2 heterocycles. The van der Waals surface area contributed by atoms with Crippen molar-refractivity contribution in [3.63, 3.8) is 0 Å². The Balaban J connectivity index is 1.57. The largest absolute Gasteiger partial charge is 0.508 e. The van der Waals surface area contributed by atoms with Gasteiger partial charge in [0.1, 0.15) is 5.75 Å². The van der Waals surface area contributed by atoms with Crippen LogP contribution in [-0.4, -0.2) is 27.8 Å². The number of fused-ring (bicyclic) bond motifs is 1. The molecule has 0 unspecified atom stereocenters. The number of carbonyl (C=O) groups is 2. The standard InChI is InChI=1S/C28H23BrN4O3S/c1-28(2,3)17-6-9-19(10-7-17)33-26(36)23(14-16-4-11-20(34)12-5-16)37-27(33)32-31-24-21-15-18(29)8-13-22(21)30-25(24)35/h4-15,34H,1-3H3,(H,30,31,35). The summed E-state index contributed by atoms with van der Waals surface area (Å²) in [6.45, 7) is 6.38. The lowest BCUT2D eigenvalue weighted by molar-refractivity contribution is -0.113. The number of nitrogens with zero attached hydrogens (tertiary/aromatic N) is 3. The Hall–Kier alpha value is -3.69. The summed E-state index contributed by atoms with van der Waals surface area (Å²) < 4.78 is 0.813. The zero-order valence-electron chi connectivity index (χ0n) is 20.3. The number of amides is 2. The molecule has 2 amide bonds. The highest BCUT2D eigenvalue weighted by Gasteiger charge is 2.35. The number of anilines is 2. The summed E-state index contributed by atoms with van der Waals surface area (Å²) in [4.78, 5) is 28.1. The van der Waals surface area contributed by atoms with Gasteiger partial charge in [-0.25, -0.2) is 0 Å². The molecule has 7 nitrogen and oxygen atoms in total. The normalized spacial score (nSPS) is 18.7. The Morgan fingerprint density at radius 3 is 2.35 bits per heavy atom. The molecule has 2 N–H and O–H groups in total. The number of aromatic hydroxyl groups is 1. The smallest absolute Gasteiger partial charge is 0.276 e. The molecular weight excluding hydrogens is 552 g/mol. The first-order valence-electron chi connectivity index (χ1n) is 11.5. The molecule has 9 heteroatoms. The molecule has 0 radical (unpaired) electrons. The van der Waals surface area contributed by atoms with Gasteiger partial charge in [0.05, 0.1) is 16.3 Å². The highest BCUT2D eigenvalue weighted by atomic mass is 79.9. The Labute approximate surface area is 227 Å². The van der Waals surface area contributed by atoms with Crippen LogP contribution in [0.15, 0.2) is 86.3 Å². The summed E-state index contributed by atoms with van der Waals surface area (Å²) in [5, 5.41) is 21.4. The van der Waals surface area contributed by atoms with Crippen LogP contribution in [0.3, 0.4) is 0 Å².